The molecule has 30 heavy (non-hydrogen) atoms. The van der Waals surface area contributed by atoms with Crippen LogP contribution in [0.1, 0.15) is 66.1 Å². The van der Waals surface area contributed by atoms with Crippen LogP contribution in [0.5, 0.6) is 5.75 Å². The average molecular weight is 404 g/mol. The summed E-state index contributed by atoms with van der Waals surface area (Å²) in [5, 5.41) is 13.4. The van der Waals surface area contributed by atoms with Crippen molar-refractivity contribution in [2.75, 3.05) is 26.2 Å². The van der Waals surface area contributed by atoms with Crippen LogP contribution in [-0.2, 0) is 0 Å². The summed E-state index contributed by atoms with van der Waals surface area (Å²) in [5.41, 5.74) is 3.07. The third-order valence-electron chi connectivity index (χ3n) is 6.56. The van der Waals surface area contributed by atoms with Crippen LogP contribution in [0.25, 0.3) is 0 Å². The van der Waals surface area contributed by atoms with Gasteiger partial charge in [0.15, 0.2) is 0 Å². The molecule has 0 bridgehead atoms. The van der Waals surface area contributed by atoms with Crippen LogP contribution < -0.4 is 10.1 Å². The summed E-state index contributed by atoms with van der Waals surface area (Å²) in [6.07, 6.45) is 2.76. The maximum absolute atomic E-state index is 12.8. The highest BCUT2D eigenvalue weighted by molar-refractivity contribution is 5.94. The van der Waals surface area contributed by atoms with E-state index in [1.165, 1.54) is 0 Å². The molecule has 1 saturated heterocycles. The Bertz CT molecular complexity index is 969. The number of ether oxygens (including phenoxy) is 1. The number of carbonyl (C=O) groups is 1. The number of amides is 1. The van der Waals surface area contributed by atoms with Gasteiger partial charge in [-0.3, -0.25) is 4.79 Å². The Morgan fingerprint density at radius 3 is 2.60 bits per heavy atom. The largest absolute Gasteiger partial charge is 0.487 e. The fourth-order valence-corrected chi connectivity index (χ4v) is 4.87. The van der Waals surface area contributed by atoms with Crippen LogP contribution in [0, 0.1) is 11.3 Å². The highest BCUT2D eigenvalue weighted by atomic mass is 16.5. The Balaban J connectivity index is 1.75. The maximum atomic E-state index is 12.8. The van der Waals surface area contributed by atoms with E-state index in [1.807, 2.05) is 44.2 Å². The van der Waals surface area contributed by atoms with E-state index in [1.54, 1.807) is 11.0 Å². The molecule has 0 radical (unpaired) electrons. The second kappa shape index (κ2) is 8.49. The molecule has 1 N–H and O–H groups in total. The molecule has 5 nitrogen and oxygen atoms in total. The monoisotopic (exact) mass is 403 g/mol. The van der Waals surface area contributed by atoms with Crippen molar-refractivity contribution >= 4 is 5.91 Å². The molecule has 0 aliphatic carbocycles. The number of fused-ring (bicyclic) bond motifs is 1. The molecule has 2 aromatic carbocycles. The van der Waals surface area contributed by atoms with Crippen molar-refractivity contribution in [2.24, 2.45) is 0 Å². The van der Waals surface area contributed by atoms with Crippen molar-refractivity contribution in [1.82, 2.24) is 10.2 Å². The van der Waals surface area contributed by atoms with Crippen molar-refractivity contribution < 1.29 is 9.53 Å². The first-order valence-electron chi connectivity index (χ1n) is 10.9. The van der Waals surface area contributed by atoms with Crippen molar-refractivity contribution in [3.05, 3.63) is 64.7 Å². The number of hydrogen-bond donors (Lipinski definition) is 1. The number of nitriles is 1. The molecule has 156 valence electrons. The summed E-state index contributed by atoms with van der Waals surface area (Å²) in [7, 11) is 0. The van der Waals surface area contributed by atoms with E-state index in [9.17, 15) is 10.1 Å². The minimum absolute atomic E-state index is 0.0229. The Morgan fingerprint density at radius 2 is 1.90 bits per heavy atom. The molecule has 2 aliphatic rings. The molecule has 2 aromatic rings. The maximum Gasteiger partial charge on any atom is 0.253 e. The Hall–Kier alpha value is -2.84. The molecule has 0 aromatic heterocycles. The van der Waals surface area contributed by atoms with Gasteiger partial charge in [-0.25, -0.2) is 0 Å². The predicted octanol–water partition coefficient (Wildman–Crippen LogP) is 4.08. The van der Waals surface area contributed by atoms with Crippen molar-refractivity contribution in [3.63, 3.8) is 0 Å². The molecular weight excluding hydrogens is 374 g/mol. The van der Waals surface area contributed by atoms with E-state index >= 15 is 0 Å². The lowest BCUT2D eigenvalue weighted by Crippen LogP contribution is -2.49. The SMILES string of the molecule is CCN(CC)C(=O)c1ccc(C2CC3(CCNCC3)Oc3ccccc32)c(C#N)c1. The standard InChI is InChI=1S/C25H29N3O2/c1-3-28(4-2)24(29)18-9-10-20(19(15-18)17-26)22-16-25(11-13-27-14-12-25)30-23-8-6-5-7-21(22)23/h5-10,15,22,27H,3-4,11-14,16H2,1-2H3. The lowest BCUT2D eigenvalue weighted by Gasteiger charge is -2.45. The van der Waals surface area contributed by atoms with Crippen LogP contribution in [0.2, 0.25) is 0 Å². The number of piperidine rings is 1. The van der Waals surface area contributed by atoms with E-state index in [0.717, 1.165) is 49.2 Å². The third kappa shape index (κ3) is 3.68. The second-order valence-corrected chi connectivity index (χ2v) is 8.22. The third-order valence-corrected chi connectivity index (χ3v) is 6.56. The molecule has 2 heterocycles. The van der Waals surface area contributed by atoms with Gasteiger partial charge in [0.05, 0.1) is 11.6 Å². The van der Waals surface area contributed by atoms with Crippen molar-refractivity contribution in [1.29, 1.82) is 5.26 Å². The summed E-state index contributed by atoms with van der Waals surface area (Å²) >= 11 is 0. The van der Waals surface area contributed by atoms with E-state index in [-0.39, 0.29) is 17.4 Å². The van der Waals surface area contributed by atoms with Crippen LogP contribution in [-0.4, -0.2) is 42.6 Å². The topological polar surface area (TPSA) is 65.4 Å². The number of carbonyl (C=O) groups excluding carboxylic acids is 1. The van der Waals surface area contributed by atoms with Crippen LogP contribution >= 0.6 is 0 Å². The molecule has 1 atom stereocenters. The second-order valence-electron chi connectivity index (χ2n) is 8.22. The Labute approximate surface area is 178 Å². The minimum atomic E-state index is -0.202. The van der Waals surface area contributed by atoms with Gasteiger partial charge in [-0.1, -0.05) is 24.3 Å². The first-order chi connectivity index (χ1) is 14.6. The van der Waals surface area contributed by atoms with Gasteiger partial charge < -0.3 is 15.0 Å². The first-order valence-corrected chi connectivity index (χ1v) is 10.9. The van der Waals surface area contributed by atoms with E-state index in [4.69, 9.17) is 4.74 Å². The number of para-hydroxylation sites is 1. The lowest BCUT2D eigenvalue weighted by molar-refractivity contribution is 0.0114. The van der Waals surface area contributed by atoms with Gasteiger partial charge in [-0.2, -0.15) is 5.26 Å². The fourth-order valence-electron chi connectivity index (χ4n) is 4.87. The molecule has 0 saturated carbocycles. The summed E-state index contributed by atoms with van der Waals surface area (Å²) in [4.78, 5) is 14.6. The predicted molar refractivity (Wildman–Crippen MR) is 117 cm³/mol. The molecule has 1 fully saturated rings. The number of nitrogens with zero attached hydrogens (tertiary/aromatic N) is 2. The highest BCUT2D eigenvalue weighted by Gasteiger charge is 2.42. The zero-order valence-electron chi connectivity index (χ0n) is 17.8. The zero-order chi connectivity index (χ0) is 21.1. The highest BCUT2D eigenvalue weighted by Crippen LogP contribution is 2.47. The van der Waals surface area contributed by atoms with Gasteiger partial charge >= 0.3 is 0 Å². The lowest BCUT2D eigenvalue weighted by atomic mass is 9.74. The summed E-state index contributed by atoms with van der Waals surface area (Å²) < 4.78 is 6.52. The van der Waals surface area contributed by atoms with Crippen LogP contribution in [0.3, 0.4) is 0 Å². The number of benzene rings is 2. The summed E-state index contributed by atoms with van der Waals surface area (Å²) in [6, 6.07) is 16.2. The summed E-state index contributed by atoms with van der Waals surface area (Å²) in [6.45, 7) is 7.14. The Kier molecular flexibility index (Phi) is 5.78. The van der Waals surface area contributed by atoms with Gasteiger partial charge in [0, 0.05) is 30.1 Å². The summed E-state index contributed by atoms with van der Waals surface area (Å²) in [5.74, 6) is 0.980. The van der Waals surface area contributed by atoms with Gasteiger partial charge in [-0.15, -0.1) is 0 Å². The number of rotatable bonds is 4. The quantitative estimate of drug-likeness (QED) is 0.836. The van der Waals surface area contributed by atoms with Crippen LogP contribution in [0.4, 0.5) is 0 Å². The van der Waals surface area contributed by atoms with Gasteiger partial charge in [0.2, 0.25) is 0 Å². The molecule has 1 unspecified atom stereocenters. The number of hydrogen-bond acceptors (Lipinski definition) is 4. The van der Waals surface area contributed by atoms with E-state index in [2.05, 4.69) is 17.5 Å². The molecule has 2 aliphatic heterocycles. The minimum Gasteiger partial charge on any atom is -0.487 e. The fraction of sp³-hybridized carbons (Fsp3) is 0.440. The van der Waals surface area contributed by atoms with Gasteiger partial charge in [0.25, 0.3) is 5.91 Å². The molecule has 5 heteroatoms. The molecule has 1 spiro atoms. The normalized spacial score (nSPS) is 19.4. The van der Waals surface area contributed by atoms with Crippen LogP contribution in [0.15, 0.2) is 42.5 Å². The molecule has 1 amide bonds. The van der Waals surface area contributed by atoms with Gasteiger partial charge in [-0.05, 0) is 70.0 Å². The molecular formula is C25H29N3O2. The number of nitrogens with one attached hydrogen (secondary N) is 1. The molecule has 4 rings (SSSR count). The zero-order valence-corrected chi connectivity index (χ0v) is 17.8. The smallest absolute Gasteiger partial charge is 0.253 e. The van der Waals surface area contributed by atoms with Crippen molar-refractivity contribution in [2.45, 2.75) is 44.6 Å². The average Bonchev–Trinajstić information content (AvgIpc) is 2.79. The van der Waals surface area contributed by atoms with E-state index < -0.39 is 0 Å². The Morgan fingerprint density at radius 1 is 1.17 bits per heavy atom. The van der Waals surface area contributed by atoms with E-state index in [0.29, 0.717) is 24.2 Å². The van der Waals surface area contributed by atoms with Gasteiger partial charge in [0.1, 0.15) is 11.4 Å². The first kappa shape index (κ1) is 20.4. The van der Waals surface area contributed by atoms with Crippen molar-refractivity contribution in [3.8, 4) is 11.8 Å².